The molecule has 13 heavy (non-hydrogen) atoms. The van der Waals surface area contributed by atoms with E-state index >= 15 is 0 Å². The van der Waals surface area contributed by atoms with Gasteiger partial charge in [0.15, 0.2) is 0 Å². The van der Waals surface area contributed by atoms with Gasteiger partial charge >= 0.3 is 0 Å². The van der Waals surface area contributed by atoms with E-state index in [1.807, 2.05) is 0 Å². The SMILES string of the molecule is NCC(O)c1cc(Br)c(O)cc1F. The first kappa shape index (κ1) is 10.4. The summed E-state index contributed by atoms with van der Waals surface area (Å²) < 4.78 is 13.4. The molecule has 0 aromatic heterocycles. The molecule has 0 amide bonds. The van der Waals surface area contributed by atoms with Gasteiger partial charge in [0.1, 0.15) is 11.6 Å². The molecule has 1 aromatic carbocycles. The van der Waals surface area contributed by atoms with E-state index in [4.69, 9.17) is 10.8 Å². The van der Waals surface area contributed by atoms with Crippen LogP contribution in [0.5, 0.6) is 5.75 Å². The van der Waals surface area contributed by atoms with Crippen molar-refractivity contribution in [2.45, 2.75) is 6.10 Å². The second-order valence-corrected chi connectivity index (χ2v) is 3.43. The molecule has 0 heterocycles. The summed E-state index contributed by atoms with van der Waals surface area (Å²) in [6, 6.07) is 2.24. The summed E-state index contributed by atoms with van der Waals surface area (Å²) in [6.07, 6.45) is -1.04. The number of benzene rings is 1. The van der Waals surface area contributed by atoms with Crippen molar-refractivity contribution in [3.05, 3.63) is 28.0 Å². The molecule has 1 rings (SSSR count). The van der Waals surface area contributed by atoms with Crippen molar-refractivity contribution in [3.8, 4) is 5.75 Å². The Balaban J connectivity index is 3.15. The summed E-state index contributed by atoms with van der Waals surface area (Å²) in [7, 11) is 0. The minimum Gasteiger partial charge on any atom is -0.507 e. The predicted octanol–water partition coefficient (Wildman–Crippen LogP) is 1.29. The first-order chi connectivity index (χ1) is 6.06. The molecule has 3 nitrogen and oxygen atoms in total. The van der Waals surface area contributed by atoms with Gasteiger partial charge in [0, 0.05) is 18.2 Å². The maximum atomic E-state index is 13.1. The van der Waals surface area contributed by atoms with Crippen molar-refractivity contribution < 1.29 is 14.6 Å². The summed E-state index contributed by atoms with van der Waals surface area (Å²) >= 11 is 3.01. The van der Waals surface area contributed by atoms with E-state index in [2.05, 4.69) is 15.9 Å². The monoisotopic (exact) mass is 249 g/mol. The third kappa shape index (κ3) is 2.18. The van der Waals surface area contributed by atoms with Gasteiger partial charge in [-0.1, -0.05) is 0 Å². The van der Waals surface area contributed by atoms with Crippen LogP contribution in [0.1, 0.15) is 11.7 Å². The number of halogens is 2. The molecule has 72 valence electrons. The quantitative estimate of drug-likeness (QED) is 0.740. The van der Waals surface area contributed by atoms with E-state index in [0.29, 0.717) is 4.47 Å². The van der Waals surface area contributed by atoms with Crippen LogP contribution in [-0.2, 0) is 0 Å². The second-order valence-electron chi connectivity index (χ2n) is 2.58. The van der Waals surface area contributed by atoms with E-state index in [-0.39, 0.29) is 17.9 Å². The van der Waals surface area contributed by atoms with E-state index in [0.717, 1.165) is 6.07 Å². The number of nitrogens with two attached hydrogens (primary N) is 1. The van der Waals surface area contributed by atoms with Crippen LogP contribution in [0.2, 0.25) is 0 Å². The molecule has 4 N–H and O–H groups in total. The zero-order chi connectivity index (χ0) is 10.0. The van der Waals surface area contributed by atoms with Crippen molar-refractivity contribution >= 4 is 15.9 Å². The van der Waals surface area contributed by atoms with Gasteiger partial charge in [0.25, 0.3) is 0 Å². The Labute approximate surface area is 83.1 Å². The van der Waals surface area contributed by atoms with Gasteiger partial charge in [-0.2, -0.15) is 0 Å². The van der Waals surface area contributed by atoms with Crippen molar-refractivity contribution in [2.24, 2.45) is 5.73 Å². The van der Waals surface area contributed by atoms with Crippen LogP contribution in [0, 0.1) is 5.82 Å². The maximum absolute atomic E-state index is 13.1. The van der Waals surface area contributed by atoms with Crippen molar-refractivity contribution in [1.29, 1.82) is 0 Å². The third-order valence-electron chi connectivity index (χ3n) is 1.65. The number of phenolic OH excluding ortho intramolecular Hbond substituents is 1. The molecule has 0 fully saturated rings. The fourth-order valence-electron chi connectivity index (χ4n) is 0.934. The lowest BCUT2D eigenvalue weighted by Crippen LogP contribution is -2.13. The molecule has 0 saturated carbocycles. The smallest absolute Gasteiger partial charge is 0.132 e. The van der Waals surface area contributed by atoms with E-state index < -0.39 is 11.9 Å². The van der Waals surface area contributed by atoms with Crippen molar-refractivity contribution in [3.63, 3.8) is 0 Å². The lowest BCUT2D eigenvalue weighted by Gasteiger charge is -2.10. The summed E-state index contributed by atoms with van der Waals surface area (Å²) in [6.45, 7) is -0.0614. The minimum absolute atomic E-state index is 0.0614. The zero-order valence-corrected chi connectivity index (χ0v) is 8.25. The minimum atomic E-state index is -1.04. The van der Waals surface area contributed by atoms with Gasteiger partial charge in [-0.25, -0.2) is 4.39 Å². The number of hydrogen-bond donors (Lipinski definition) is 3. The Bertz CT molecular complexity index is 319. The topological polar surface area (TPSA) is 66.5 Å². The highest BCUT2D eigenvalue weighted by Crippen LogP contribution is 2.29. The number of aliphatic hydroxyl groups is 1. The highest BCUT2D eigenvalue weighted by molar-refractivity contribution is 9.10. The van der Waals surface area contributed by atoms with Crippen molar-refractivity contribution in [2.75, 3.05) is 6.54 Å². The fourth-order valence-corrected chi connectivity index (χ4v) is 1.30. The molecular formula is C8H9BrFNO2. The summed E-state index contributed by atoms with van der Waals surface area (Å²) in [5.74, 6) is -0.871. The summed E-state index contributed by atoms with van der Waals surface area (Å²) in [5.41, 5.74) is 5.24. The van der Waals surface area contributed by atoms with Crippen LogP contribution in [0.3, 0.4) is 0 Å². The van der Waals surface area contributed by atoms with Crippen LogP contribution >= 0.6 is 15.9 Å². The Morgan fingerprint density at radius 3 is 2.69 bits per heavy atom. The highest BCUT2D eigenvalue weighted by atomic mass is 79.9. The van der Waals surface area contributed by atoms with E-state index in [1.54, 1.807) is 0 Å². The standard InChI is InChI=1S/C8H9BrFNO2/c9-5-1-4(8(13)3-11)6(10)2-7(5)12/h1-2,8,12-13H,3,11H2. The van der Waals surface area contributed by atoms with Crippen molar-refractivity contribution in [1.82, 2.24) is 0 Å². The van der Waals surface area contributed by atoms with Crippen LogP contribution in [-0.4, -0.2) is 16.8 Å². The molecule has 0 bridgehead atoms. The lowest BCUT2D eigenvalue weighted by atomic mass is 10.1. The molecular weight excluding hydrogens is 241 g/mol. The second kappa shape index (κ2) is 4.04. The summed E-state index contributed by atoms with van der Waals surface area (Å²) in [5, 5.41) is 18.3. The molecule has 1 aromatic rings. The van der Waals surface area contributed by atoms with Crippen LogP contribution in [0.15, 0.2) is 16.6 Å². The van der Waals surface area contributed by atoms with Gasteiger partial charge in [-0.3, -0.25) is 0 Å². The van der Waals surface area contributed by atoms with Crippen LogP contribution < -0.4 is 5.73 Å². The molecule has 1 unspecified atom stereocenters. The van der Waals surface area contributed by atoms with Gasteiger partial charge in [-0.15, -0.1) is 0 Å². The normalized spacial score (nSPS) is 12.9. The highest BCUT2D eigenvalue weighted by Gasteiger charge is 2.13. The lowest BCUT2D eigenvalue weighted by molar-refractivity contribution is 0.181. The average molecular weight is 250 g/mol. The van der Waals surface area contributed by atoms with Gasteiger partial charge in [-0.05, 0) is 22.0 Å². The maximum Gasteiger partial charge on any atom is 0.132 e. The largest absolute Gasteiger partial charge is 0.507 e. The molecule has 0 radical (unpaired) electrons. The number of phenols is 1. The molecule has 5 heteroatoms. The number of aliphatic hydroxyl groups excluding tert-OH is 1. The Hall–Kier alpha value is -0.650. The Morgan fingerprint density at radius 2 is 2.15 bits per heavy atom. The molecule has 0 saturated heterocycles. The zero-order valence-electron chi connectivity index (χ0n) is 6.67. The van der Waals surface area contributed by atoms with Crippen LogP contribution in [0.4, 0.5) is 4.39 Å². The number of rotatable bonds is 2. The number of aromatic hydroxyl groups is 1. The summed E-state index contributed by atoms with van der Waals surface area (Å²) in [4.78, 5) is 0. The third-order valence-corrected chi connectivity index (χ3v) is 2.28. The molecule has 0 spiro atoms. The average Bonchev–Trinajstić information content (AvgIpc) is 2.10. The van der Waals surface area contributed by atoms with Gasteiger partial charge < -0.3 is 15.9 Å². The molecule has 1 atom stereocenters. The first-order valence-electron chi connectivity index (χ1n) is 3.62. The number of hydrogen-bond acceptors (Lipinski definition) is 3. The molecule has 0 aliphatic heterocycles. The Kier molecular flexibility index (Phi) is 3.24. The van der Waals surface area contributed by atoms with E-state index in [1.165, 1.54) is 6.07 Å². The first-order valence-corrected chi connectivity index (χ1v) is 4.41. The van der Waals surface area contributed by atoms with Gasteiger partial charge in [0.05, 0.1) is 10.6 Å². The van der Waals surface area contributed by atoms with Gasteiger partial charge in [0.2, 0.25) is 0 Å². The van der Waals surface area contributed by atoms with Crippen LogP contribution in [0.25, 0.3) is 0 Å². The molecule has 0 aliphatic carbocycles. The predicted molar refractivity (Wildman–Crippen MR) is 49.8 cm³/mol. The Morgan fingerprint density at radius 1 is 1.54 bits per heavy atom. The van der Waals surface area contributed by atoms with E-state index in [9.17, 15) is 9.50 Å². The molecule has 0 aliphatic rings. The fraction of sp³-hybridized carbons (Fsp3) is 0.250.